The molecule has 2 aromatic carbocycles. The highest BCUT2D eigenvalue weighted by Crippen LogP contribution is 2.25. The predicted molar refractivity (Wildman–Crippen MR) is 111 cm³/mol. The van der Waals surface area contributed by atoms with Gasteiger partial charge >= 0.3 is 0 Å². The van der Waals surface area contributed by atoms with Crippen LogP contribution in [0.4, 0.5) is 0 Å². The van der Waals surface area contributed by atoms with Crippen LogP contribution in [0.1, 0.15) is 37.0 Å². The Morgan fingerprint density at radius 1 is 1.15 bits per heavy atom. The molecule has 0 unspecified atom stereocenters. The first-order valence-electron chi connectivity index (χ1n) is 9.15. The summed E-state index contributed by atoms with van der Waals surface area (Å²) in [5.41, 5.74) is 10.1. The van der Waals surface area contributed by atoms with Gasteiger partial charge in [-0.15, -0.1) is 0 Å². The Kier molecular flexibility index (Phi) is 7.24. The first-order chi connectivity index (χ1) is 12.9. The van der Waals surface area contributed by atoms with Crippen molar-refractivity contribution in [2.75, 3.05) is 0 Å². The van der Waals surface area contributed by atoms with Gasteiger partial charge in [0.15, 0.2) is 0 Å². The van der Waals surface area contributed by atoms with E-state index in [2.05, 4.69) is 18.3 Å². The van der Waals surface area contributed by atoms with Crippen molar-refractivity contribution in [3.8, 4) is 11.5 Å². The van der Waals surface area contributed by atoms with E-state index in [4.69, 9.17) is 10.5 Å². The topological polar surface area (TPSA) is 64.3 Å². The van der Waals surface area contributed by atoms with Crippen LogP contribution in [0, 0.1) is 13.8 Å². The third kappa shape index (κ3) is 6.03. The lowest BCUT2D eigenvalue weighted by molar-refractivity contribution is -0.117. The summed E-state index contributed by atoms with van der Waals surface area (Å²) < 4.78 is 5.94. The van der Waals surface area contributed by atoms with Crippen LogP contribution in [0.25, 0.3) is 0 Å². The Bertz CT molecular complexity index is 845. The number of hydrogen-bond donors (Lipinski definition) is 2. The highest BCUT2D eigenvalue weighted by molar-refractivity contribution is 5.96. The summed E-state index contributed by atoms with van der Waals surface area (Å²) >= 11 is 0. The standard InChI is InChI=1S/C23H28N2O2/c1-5-6-7-21(18(4)24)23(26)25-15-19-9-11-20(12-10-19)27-22-13-8-16(2)14-17(22)3/h6-14H,5,15,24H2,1-4H3,(H,25,26)/b7-6-,21-18-. The van der Waals surface area contributed by atoms with Crippen molar-refractivity contribution in [2.45, 2.75) is 40.7 Å². The molecule has 0 bridgehead atoms. The van der Waals surface area contributed by atoms with Crippen LogP contribution in [0.15, 0.2) is 65.9 Å². The molecule has 4 heteroatoms. The quantitative estimate of drug-likeness (QED) is 0.542. The number of nitrogens with two attached hydrogens (primary N) is 1. The summed E-state index contributed by atoms with van der Waals surface area (Å²) in [5.74, 6) is 1.44. The van der Waals surface area contributed by atoms with Gasteiger partial charge in [0.05, 0.1) is 5.57 Å². The summed E-state index contributed by atoms with van der Waals surface area (Å²) in [6.07, 6.45) is 4.54. The number of hydrogen-bond acceptors (Lipinski definition) is 3. The van der Waals surface area contributed by atoms with Crippen LogP contribution < -0.4 is 15.8 Å². The molecule has 0 spiro atoms. The molecular weight excluding hydrogens is 336 g/mol. The van der Waals surface area contributed by atoms with Gasteiger partial charge in [0.1, 0.15) is 11.5 Å². The van der Waals surface area contributed by atoms with Gasteiger partial charge in [-0.1, -0.05) is 48.9 Å². The Morgan fingerprint density at radius 3 is 2.44 bits per heavy atom. The minimum atomic E-state index is -0.171. The first kappa shape index (κ1) is 20.3. The highest BCUT2D eigenvalue weighted by Gasteiger charge is 2.08. The summed E-state index contributed by atoms with van der Waals surface area (Å²) in [7, 11) is 0. The number of nitrogens with one attached hydrogen (secondary N) is 1. The minimum Gasteiger partial charge on any atom is -0.457 e. The lowest BCUT2D eigenvalue weighted by atomic mass is 10.1. The third-order valence-corrected chi connectivity index (χ3v) is 4.12. The number of amides is 1. The van der Waals surface area contributed by atoms with Crippen LogP contribution in [0.3, 0.4) is 0 Å². The molecule has 1 amide bonds. The lowest BCUT2D eigenvalue weighted by Crippen LogP contribution is -2.25. The molecule has 0 saturated heterocycles. The van der Waals surface area contributed by atoms with E-state index >= 15 is 0 Å². The van der Waals surface area contributed by atoms with Crippen molar-refractivity contribution in [3.05, 3.63) is 82.6 Å². The zero-order valence-corrected chi connectivity index (χ0v) is 16.5. The Labute approximate surface area is 161 Å². The maximum atomic E-state index is 12.3. The van der Waals surface area contributed by atoms with E-state index in [9.17, 15) is 4.79 Å². The monoisotopic (exact) mass is 364 g/mol. The molecule has 0 fully saturated rings. The second kappa shape index (κ2) is 9.62. The number of ether oxygens (including phenoxy) is 1. The van der Waals surface area contributed by atoms with Crippen LogP contribution in [0.2, 0.25) is 0 Å². The average Bonchev–Trinajstić information content (AvgIpc) is 2.63. The second-order valence-electron chi connectivity index (χ2n) is 6.60. The first-order valence-corrected chi connectivity index (χ1v) is 9.15. The minimum absolute atomic E-state index is 0.171. The number of carbonyl (C=O) groups excluding carboxylic acids is 1. The Morgan fingerprint density at radius 2 is 1.85 bits per heavy atom. The molecule has 142 valence electrons. The number of aryl methyl sites for hydroxylation is 2. The molecule has 0 atom stereocenters. The fraction of sp³-hybridized carbons (Fsp3) is 0.261. The van der Waals surface area contributed by atoms with Gasteiger partial charge < -0.3 is 15.8 Å². The lowest BCUT2D eigenvalue weighted by Gasteiger charge is -2.11. The van der Waals surface area contributed by atoms with E-state index in [0.717, 1.165) is 29.0 Å². The zero-order valence-electron chi connectivity index (χ0n) is 16.5. The number of rotatable bonds is 7. The zero-order chi connectivity index (χ0) is 19.8. The summed E-state index contributed by atoms with van der Waals surface area (Å²) in [4.78, 5) is 12.3. The molecule has 0 saturated carbocycles. The van der Waals surface area contributed by atoms with Crippen molar-refractivity contribution in [1.82, 2.24) is 5.32 Å². The SMILES string of the molecule is CC/C=C\C(C(=O)NCc1ccc(Oc2ccc(C)cc2C)cc1)=C(/C)N. The predicted octanol–water partition coefficient (Wildman–Crippen LogP) is 4.91. The molecule has 2 aromatic rings. The van der Waals surface area contributed by atoms with Crippen molar-refractivity contribution in [2.24, 2.45) is 5.73 Å². The number of benzene rings is 2. The van der Waals surface area contributed by atoms with E-state index in [1.807, 2.05) is 56.3 Å². The molecule has 27 heavy (non-hydrogen) atoms. The van der Waals surface area contributed by atoms with Crippen molar-refractivity contribution >= 4 is 5.91 Å². The third-order valence-electron chi connectivity index (χ3n) is 4.12. The van der Waals surface area contributed by atoms with Crippen molar-refractivity contribution in [3.63, 3.8) is 0 Å². The fourth-order valence-corrected chi connectivity index (χ4v) is 2.62. The summed E-state index contributed by atoms with van der Waals surface area (Å²) in [5, 5.41) is 2.90. The van der Waals surface area contributed by atoms with Gasteiger partial charge in [-0.25, -0.2) is 0 Å². The van der Waals surface area contributed by atoms with Crippen LogP contribution in [-0.4, -0.2) is 5.91 Å². The van der Waals surface area contributed by atoms with E-state index in [1.165, 1.54) is 5.56 Å². The highest BCUT2D eigenvalue weighted by atomic mass is 16.5. The second-order valence-corrected chi connectivity index (χ2v) is 6.60. The maximum Gasteiger partial charge on any atom is 0.253 e. The molecule has 0 radical (unpaired) electrons. The molecule has 0 aliphatic rings. The van der Waals surface area contributed by atoms with Gasteiger partial charge in [-0.3, -0.25) is 4.79 Å². The smallest absolute Gasteiger partial charge is 0.253 e. The van der Waals surface area contributed by atoms with Crippen LogP contribution in [0.5, 0.6) is 11.5 Å². The maximum absolute atomic E-state index is 12.3. The van der Waals surface area contributed by atoms with E-state index < -0.39 is 0 Å². The molecule has 0 aliphatic heterocycles. The van der Waals surface area contributed by atoms with Gasteiger partial charge in [0, 0.05) is 12.2 Å². The van der Waals surface area contributed by atoms with Crippen molar-refractivity contribution < 1.29 is 9.53 Å². The Balaban J connectivity index is 1.98. The van der Waals surface area contributed by atoms with E-state index in [1.54, 1.807) is 13.0 Å². The van der Waals surface area contributed by atoms with Gasteiger partial charge in [0.2, 0.25) is 0 Å². The van der Waals surface area contributed by atoms with Gasteiger partial charge in [-0.05, 0) is 56.5 Å². The number of allylic oxidation sites excluding steroid dienone is 2. The summed E-state index contributed by atoms with van der Waals surface area (Å²) in [6, 6.07) is 13.8. The van der Waals surface area contributed by atoms with Crippen LogP contribution in [-0.2, 0) is 11.3 Å². The molecule has 0 aromatic heterocycles. The van der Waals surface area contributed by atoms with Gasteiger partial charge in [0.25, 0.3) is 5.91 Å². The molecule has 2 rings (SSSR count). The molecule has 3 N–H and O–H groups in total. The van der Waals surface area contributed by atoms with E-state index in [0.29, 0.717) is 17.8 Å². The molecule has 0 heterocycles. The molecular formula is C23H28N2O2. The van der Waals surface area contributed by atoms with E-state index in [-0.39, 0.29) is 5.91 Å². The Hall–Kier alpha value is -3.01. The molecule has 0 aliphatic carbocycles. The largest absolute Gasteiger partial charge is 0.457 e. The fourth-order valence-electron chi connectivity index (χ4n) is 2.62. The average molecular weight is 364 g/mol. The summed E-state index contributed by atoms with van der Waals surface area (Å²) in [6.45, 7) is 8.27. The van der Waals surface area contributed by atoms with Crippen LogP contribution >= 0.6 is 0 Å². The number of carbonyl (C=O) groups is 1. The van der Waals surface area contributed by atoms with Crippen molar-refractivity contribution in [1.29, 1.82) is 0 Å². The van der Waals surface area contributed by atoms with Gasteiger partial charge in [-0.2, -0.15) is 0 Å². The normalized spacial score (nSPS) is 12.0. The molecule has 4 nitrogen and oxygen atoms in total.